The van der Waals surface area contributed by atoms with Crippen molar-refractivity contribution in [1.29, 1.82) is 0 Å². The average Bonchev–Trinajstić information content (AvgIpc) is 2.53. The van der Waals surface area contributed by atoms with Gasteiger partial charge in [0.1, 0.15) is 0 Å². The predicted octanol–water partition coefficient (Wildman–Crippen LogP) is 4.35. The minimum Gasteiger partial charge on any atom is -1.00 e. The van der Waals surface area contributed by atoms with E-state index in [0.717, 1.165) is 6.04 Å². The normalized spacial score (nSPS) is 12.9. The molecule has 0 saturated carbocycles. The van der Waals surface area contributed by atoms with Gasteiger partial charge in [-0.05, 0) is 32.6 Å². The lowest BCUT2D eigenvalue weighted by Gasteiger charge is -2.36. The van der Waals surface area contributed by atoms with Crippen molar-refractivity contribution in [2.75, 3.05) is 20.6 Å². The Balaban J connectivity index is 0. The molecular weight excluding hydrogens is 314 g/mol. The van der Waals surface area contributed by atoms with Crippen LogP contribution in [-0.4, -0.2) is 31.2 Å². The first kappa shape index (κ1) is 26.5. The molecule has 0 amide bonds. The lowest BCUT2D eigenvalue weighted by atomic mass is 10.0. The van der Waals surface area contributed by atoms with Crippen LogP contribution in [0.15, 0.2) is 0 Å². The van der Waals surface area contributed by atoms with Crippen molar-refractivity contribution in [2.24, 2.45) is 0 Å². The van der Waals surface area contributed by atoms with Crippen LogP contribution in [-0.2, 0) is 0 Å². The van der Waals surface area contributed by atoms with Gasteiger partial charge in [-0.1, -0.05) is 84.5 Å². The van der Waals surface area contributed by atoms with Crippen LogP contribution in [0, 0.1) is 0 Å². The number of hydrogen-bond donors (Lipinski definition) is 0. The van der Waals surface area contributed by atoms with Gasteiger partial charge in [-0.3, -0.25) is 0 Å². The Morgan fingerprint density at radius 3 is 1.42 bits per heavy atom. The van der Waals surface area contributed by atoms with Gasteiger partial charge in [0.15, 0.2) is 0 Å². The molecule has 0 rings (SSSR count). The largest absolute Gasteiger partial charge is 1.00 e. The Hall–Kier alpha value is 0.250. The lowest BCUT2D eigenvalue weighted by Crippen LogP contribution is -3.00. The molecule has 0 aliphatic carbocycles. The van der Waals surface area contributed by atoms with Gasteiger partial charge in [0.2, 0.25) is 0 Å². The first-order valence-corrected chi connectivity index (χ1v) is 10.9. The van der Waals surface area contributed by atoms with Crippen molar-refractivity contribution in [1.82, 2.24) is 0 Å². The van der Waals surface area contributed by atoms with Crippen LogP contribution < -0.4 is 12.4 Å². The molecule has 0 N–H and O–H groups in total. The van der Waals surface area contributed by atoms with Crippen LogP contribution in [0.1, 0.15) is 117 Å². The molecule has 0 saturated heterocycles. The van der Waals surface area contributed by atoms with Crippen LogP contribution >= 0.6 is 0 Å². The van der Waals surface area contributed by atoms with Gasteiger partial charge in [0.05, 0.1) is 26.7 Å². The maximum atomic E-state index is 2.47. The molecule has 1 unspecified atom stereocenters. The molecule has 1 nitrogen and oxygen atoms in total. The Labute approximate surface area is 161 Å². The Morgan fingerprint density at radius 2 is 0.958 bits per heavy atom. The van der Waals surface area contributed by atoms with E-state index in [1.54, 1.807) is 0 Å². The third-order valence-electron chi connectivity index (χ3n) is 5.76. The van der Waals surface area contributed by atoms with E-state index in [1.165, 1.54) is 107 Å². The smallest absolute Gasteiger partial charge is 0.0857 e. The maximum Gasteiger partial charge on any atom is 0.0857 e. The summed E-state index contributed by atoms with van der Waals surface area (Å²) in [5.41, 5.74) is 0. The van der Waals surface area contributed by atoms with Crippen LogP contribution in [0.3, 0.4) is 0 Å². The first-order valence-electron chi connectivity index (χ1n) is 10.9. The van der Waals surface area contributed by atoms with E-state index in [4.69, 9.17) is 0 Å². The number of rotatable bonds is 17. The minimum absolute atomic E-state index is 0. The quantitative estimate of drug-likeness (QED) is 0.267. The predicted molar refractivity (Wildman–Crippen MR) is 107 cm³/mol. The van der Waals surface area contributed by atoms with Gasteiger partial charge in [-0.25, -0.2) is 0 Å². The standard InChI is InChI=1S/C22H48N.ClH/c1-6-8-10-12-14-15-17-19-21-23(4,5)22(3)20-18-16-13-11-9-7-2;/h22H,6-21H2,1-5H3;1H/q+1;/p-1. The van der Waals surface area contributed by atoms with Crippen LogP contribution in [0.5, 0.6) is 0 Å². The Kier molecular flexibility index (Phi) is 19.9. The molecule has 24 heavy (non-hydrogen) atoms. The third kappa shape index (κ3) is 15.8. The van der Waals surface area contributed by atoms with Crippen LogP contribution in [0.4, 0.5) is 0 Å². The highest BCUT2D eigenvalue weighted by atomic mass is 35.5. The summed E-state index contributed by atoms with van der Waals surface area (Å²) in [7, 11) is 4.89. The summed E-state index contributed by atoms with van der Waals surface area (Å²) in [6, 6.07) is 0.825. The summed E-state index contributed by atoms with van der Waals surface area (Å²) in [6.07, 6.45) is 21.5. The van der Waals surface area contributed by atoms with Crippen molar-refractivity contribution in [2.45, 2.75) is 123 Å². The van der Waals surface area contributed by atoms with Crippen LogP contribution in [0.2, 0.25) is 0 Å². The summed E-state index contributed by atoms with van der Waals surface area (Å²) in [5.74, 6) is 0. The van der Waals surface area contributed by atoms with Gasteiger partial charge in [0, 0.05) is 0 Å². The van der Waals surface area contributed by atoms with Crippen molar-refractivity contribution in [3.8, 4) is 0 Å². The molecule has 0 aliphatic rings. The zero-order valence-electron chi connectivity index (χ0n) is 17.7. The summed E-state index contributed by atoms with van der Waals surface area (Å²) >= 11 is 0. The molecule has 0 aliphatic heterocycles. The second kappa shape index (κ2) is 18.1. The van der Waals surface area contributed by atoms with Crippen molar-refractivity contribution >= 4 is 0 Å². The average molecular weight is 362 g/mol. The van der Waals surface area contributed by atoms with Crippen LogP contribution in [0.25, 0.3) is 0 Å². The highest BCUT2D eigenvalue weighted by Crippen LogP contribution is 2.17. The molecule has 0 aromatic rings. The zero-order chi connectivity index (χ0) is 17.4. The number of hydrogen-bond acceptors (Lipinski definition) is 0. The Morgan fingerprint density at radius 1 is 0.583 bits per heavy atom. The fourth-order valence-electron chi connectivity index (χ4n) is 3.44. The topological polar surface area (TPSA) is 0 Å². The van der Waals surface area contributed by atoms with Gasteiger partial charge in [0.25, 0.3) is 0 Å². The minimum atomic E-state index is 0. The SMILES string of the molecule is CCCCCCCCCC[N+](C)(C)C(C)CCCCCCCC.[Cl-]. The highest BCUT2D eigenvalue weighted by Gasteiger charge is 2.22. The molecule has 0 bridgehead atoms. The monoisotopic (exact) mass is 361 g/mol. The number of nitrogens with zero attached hydrogens (tertiary/aromatic N) is 1. The van der Waals surface area contributed by atoms with Crippen molar-refractivity contribution in [3.05, 3.63) is 0 Å². The second-order valence-electron chi connectivity index (χ2n) is 8.38. The van der Waals surface area contributed by atoms with Gasteiger partial charge in [-0.2, -0.15) is 0 Å². The molecule has 0 radical (unpaired) electrons. The molecule has 0 fully saturated rings. The van der Waals surface area contributed by atoms with E-state index < -0.39 is 0 Å². The zero-order valence-corrected chi connectivity index (χ0v) is 18.5. The molecule has 148 valence electrons. The maximum absolute atomic E-state index is 2.47. The summed E-state index contributed by atoms with van der Waals surface area (Å²) < 4.78 is 1.23. The van der Waals surface area contributed by atoms with E-state index in [0.29, 0.717) is 0 Å². The lowest BCUT2D eigenvalue weighted by molar-refractivity contribution is -0.913. The molecule has 0 aromatic heterocycles. The summed E-state index contributed by atoms with van der Waals surface area (Å²) in [5, 5.41) is 0. The van der Waals surface area contributed by atoms with E-state index in [9.17, 15) is 0 Å². The van der Waals surface area contributed by atoms with E-state index >= 15 is 0 Å². The fourth-order valence-corrected chi connectivity index (χ4v) is 3.44. The van der Waals surface area contributed by atoms with E-state index in [1.807, 2.05) is 0 Å². The second-order valence-corrected chi connectivity index (χ2v) is 8.38. The molecule has 0 spiro atoms. The number of unbranched alkanes of at least 4 members (excludes halogenated alkanes) is 12. The molecular formula is C22H48ClN. The van der Waals surface area contributed by atoms with Gasteiger partial charge in [-0.15, -0.1) is 0 Å². The highest BCUT2D eigenvalue weighted by molar-refractivity contribution is 4.54. The van der Waals surface area contributed by atoms with Crippen molar-refractivity contribution < 1.29 is 16.9 Å². The molecule has 0 aromatic carbocycles. The molecule has 0 heterocycles. The van der Waals surface area contributed by atoms with Gasteiger partial charge < -0.3 is 16.9 Å². The first-order chi connectivity index (χ1) is 11.0. The summed E-state index contributed by atoms with van der Waals surface area (Å²) in [6.45, 7) is 8.43. The fraction of sp³-hybridized carbons (Fsp3) is 1.00. The van der Waals surface area contributed by atoms with Crippen molar-refractivity contribution in [3.63, 3.8) is 0 Å². The number of halogens is 1. The van der Waals surface area contributed by atoms with E-state index in [-0.39, 0.29) is 12.4 Å². The number of quaternary nitrogens is 1. The molecule has 2 heteroatoms. The van der Waals surface area contributed by atoms with E-state index in [2.05, 4.69) is 34.9 Å². The molecule has 1 atom stereocenters. The van der Waals surface area contributed by atoms with Gasteiger partial charge >= 0.3 is 0 Å². The third-order valence-corrected chi connectivity index (χ3v) is 5.76. The summed E-state index contributed by atoms with van der Waals surface area (Å²) in [4.78, 5) is 0. The Bertz CT molecular complexity index is 240.